The van der Waals surface area contributed by atoms with Crippen LogP contribution < -0.4 is 0 Å². The Morgan fingerprint density at radius 2 is 0.430 bits per heavy atom. The zero-order valence-corrected chi connectivity index (χ0v) is 45.2. The first kappa shape index (κ1) is 73.0. The van der Waals surface area contributed by atoms with E-state index in [2.05, 4.69) is 46.1 Å². The standard InChI is InChI=1S/C53H80O26/c1-9-47(54)73-17-16-61-31-42(68-19-25-75-49(56)11-3)33-63-35-44(70-21-27-77-51(58)13-5)37-65-39-46(72-23-29-79-53(60)15-7)40-66-38-45(71-22-28-78-52(59)14-6)36-64-34-43(69-20-26-76-50(57)12-4)32-62-30-41(8)67-18-24-74-48(55)10-2/h9-15,41-46H,1-7,16-40H2,8H3. The van der Waals surface area contributed by atoms with Gasteiger partial charge in [0.2, 0.25) is 0 Å². The quantitative estimate of drug-likeness (QED) is 0.0361. The first-order valence-corrected chi connectivity index (χ1v) is 24.9. The van der Waals surface area contributed by atoms with E-state index in [4.69, 9.17) is 90.0 Å². The van der Waals surface area contributed by atoms with Gasteiger partial charge in [0.15, 0.2) is 0 Å². The van der Waals surface area contributed by atoms with Crippen molar-refractivity contribution in [3.05, 3.63) is 88.6 Å². The van der Waals surface area contributed by atoms with Crippen LogP contribution in [-0.4, -0.2) is 244 Å². The molecule has 0 rings (SSSR count). The summed E-state index contributed by atoms with van der Waals surface area (Å²) in [6.45, 7) is 24.5. The molecule has 0 aromatic rings. The molecule has 0 aliphatic carbocycles. The lowest BCUT2D eigenvalue weighted by Gasteiger charge is -2.24. The number of carbonyl (C=O) groups excluding carboxylic acids is 7. The van der Waals surface area contributed by atoms with Gasteiger partial charge in [0, 0.05) is 42.5 Å². The van der Waals surface area contributed by atoms with E-state index in [9.17, 15) is 33.6 Å². The number of esters is 7. The van der Waals surface area contributed by atoms with Gasteiger partial charge in [-0.15, -0.1) is 0 Å². The molecule has 0 aromatic carbocycles. The summed E-state index contributed by atoms with van der Waals surface area (Å²) >= 11 is 0. The second-order valence-corrected chi connectivity index (χ2v) is 15.5. The lowest BCUT2D eigenvalue weighted by Crippen LogP contribution is -2.35. The number of rotatable bonds is 56. The fourth-order valence-electron chi connectivity index (χ4n) is 5.46. The molecule has 6 unspecified atom stereocenters. The normalized spacial score (nSPS) is 13.1. The van der Waals surface area contributed by atoms with Gasteiger partial charge in [-0.3, -0.25) is 0 Å². The van der Waals surface area contributed by atoms with Crippen molar-refractivity contribution in [3.8, 4) is 0 Å². The zero-order chi connectivity index (χ0) is 58.6. The Bertz CT molecular complexity index is 1770. The molecule has 0 aliphatic rings. The molecule has 0 aliphatic heterocycles. The van der Waals surface area contributed by atoms with Crippen LogP contribution in [0.5, 0.6) is 0 Å². The van der Waals surface area contributed by atoms with Crippen LogP contribution in [0.1, 0.15) is 6.92 Å². The highest BCUT2D eigenvalue weighted by Crippen LogP contribution is 2.07. The number of hydrogen-bond acceptors (Lipinski definition) is 26. The van der Waals surface area contributed by atoms with Crippen molar-refractivity contribution >= 4 is 41.8 Å². The first-order chi connectivity index (χ1) is 38.2. The van der Waals surface area contributed by atoms with Crippen molar-refractivity contribution in [2.75, 3.05) is 165 Å². The predicted molar refractivity (Wildman–Crippen MR) is 277 cm³/mol. The van der Waals surface area contributed by atoms with Crippen molar-refractivity contribution in [3.63, 3.8) is 0 Å². The maximum absolute atomic E-state index is 11.7. The lowest BCUT2D eigenvalue weighted by atomic mass is 10.3. The molecular weight excluding hydrogens is 1050 g/mol. The average Bonchev–Trinajstić information content (AvgIpc) is 3.45. The highest BCUT2D eigenvalue weighted by atomic mass is 16.6. The summed E-state index contributed by atoms with van der Waals surface area (Å²) < 4.78 is 106. The molecule has 26 heteroatoms. The molecular formula is C53H80O26. The van der Waals surface area contributed by atoms with E-state index < -0.39 is 72.3 Å². The van der Waals surface area contributed by atoms with Gasteiger partial charge < -0.3 is 90.0 Å². The number of ether oxygens (including phenoxy) is 19. The second kappa shape index (κ2) is 51.4. The summed E-state index contributed by atoms with van der Waals surface area (Å²) in [4.78, 5) is 80.9. The van der Waals surface area contributed by atoms with E-state index in [0.29, 0.717) is 0 Å². The summed E-state index contributed by atoms with van der Waals surface area (Å²) in [6.07, 6.45) is 3.11. The molecule has 0 radical (unpaired) electrons. The SMILES string of the molecule is C=CC(=O)OCCOCC(COCC(COCC(COCC(COCC(COCC(C)OCCOC(=O)C=C)OCCOC(=O)C=C)OCCOC(=O)C=C)OCCOC(=O)C=C)OCCOC(=O)C=C)OCCOC(=O)C=C. The van der Waals surface area contributed by atoms with Gasteiger partial charge in [0.25, 0.3) is 0 Å². The smallest absolute Gasteiger partial charge is 0.330 e. The summed E-state index contributed by atoms with van der Waals surface area (Å²) in [5.41, 5.74) is 0. The molecule has 0 amide bonds. The van der Waals surface area contributed by atoms with E-state index >= 15 is 0 Å². The van der Waals surface area contributed by atoms with Crippen LogP contribution in [-0.2, 0) is 124 Å². The van der Waals surface area contributed by atoms with Gasteiger partial charge in [0.1, 0.15) is 76.8 Å². The van der Waals surface area contributed by atoms with E-state index in [1.54, 1.807) is 6.92 Å². The third-order valence-electron chi connectivity index (χ3n) is 9.16. The molecule has 0 saturated carbocycles. The molecule has 0 spiro atoms. The molecule has 0 N–H and O–H groups in total. The van der Waals surface area contributed by atoms with Gasteiger partial charge in [-0.2, -0.15) is 0 Å². The Morgan fingerprint density at radius 3 is 0.646 bits per heavy atom. The molecule has 0 heterocycles. The largest absolute Gasteiger partial charge is 0.460 e. The number of hydrogen-bond donors (Lipinski definition) is 0. The van der Waals surface area contributed by atoms with Gasteiger partial charge in [-0.1, -0.05) is 46.1 Å². The van der Waals surface area contributed by atoms with Gasteiger partial charge in [-0.05, 0) is 6.92 Å². The van der Waals surface area contributed by atoms with Crippen molar-refractivity contribution in [2.45, 2.75) is 43.5 Å². The number of carbonyl (C=O) groups is 7. The van der Waals surface area contributed by atoms with Crippen LogP contribution >= 0.6 is 0 Å². The zero-order valence-electron chi connectivity index (χ0n) is 45.2. The Kier molecular flexibility index (Phi) is 47.5. The van der Waals surface area contributed by atoms with Gasteiger partial charge >= 0.3 is 41.8 Å². The fourth-order valence-corrected chi connectivity index (χ4v) is 5.46. The Balaban J connectivity index is 5.99. The lowest BCUT2D eigenvalue weighted by molar-refractivity contribution is -0.146. The van der Waals surface area contributed by atoms with Crippen LogP contribution in [0.15, 0.2) is 88.6 Å². The summed E-state index contributed by atoms with van der Waals surface area (Å²) in [7, 11) is 0. The predicted octanol–water partition coefficient (Wildman–Crippen LogP) is 1.52. The Hall–Kier alpha value is -6.01. The summed E-state index contributed by atoms with van der Waals surface area (Å²) in [5, 5.41) is 0. The molecule has 0 saturated heterocycles. The maximum Gasteiger partial charge on any atom is 0.330 e. The minimum absolute atomic E-state index is 0.000159. The monoisotopic (exact) mass is 1130 g/mol. The molecule has 6 atom stereocenters. The van der Waals surface area contributed by atoms with Gasteiger partial charge in [0.05, 0.1) is 125 Å². The minimum Gasteiger partial charge on any atom is -0.460 e. The van der Waals surface area contributed by atoms with Crippen molar-refractivity contribution in [1.82, 2.24) is 0 Å². The summed E-state index contributed by atoms with van der Waals surface area (Å²) in [6, 6.07) is 0. The Labute approximate surface area is 461 Å². The van der Waals surface area contributed by atoms with Crippen molar-refractivity contribution in [1.29, 1.82) is 0 Å². The first-order valence-electron chi connectivity index (χ1n) is 24.9. The highest BCUT2D eigenvalue weighted by molar-refractivity contribution is 5.83. The van der Waals surface area contributed by atoms with E-state index in [1.165, 1.54) is 0 Å². The van der Waals surface area contributed by atoms with Crippen LogP contribution in [0.3, 0.4) is 0 Å². The van der Waals surface area contributed by atoms with Gasteiger partial charge in [-0.25, -0.2) is 33.6 Å². The van der Waals surface area contributed by atoms with Crippen molar-refractivity contribution < 1.29 is 124 Å². The third-order valence-corrected chi connectivity index (χ3v) is 9.16. The van der Waals surface area contributed by atoms with Crippen LogP contribution in [0.4, 0.5) is 0 Å². The van der Waals surface area contributed by atoms with Crippen LogP contribution in [0.2, 0.25) is 0 Å². The molecule has 448 valence electrons. The van der Waals surface area contributed by atoms with E-state index in [1.807, 2.05) is 0 Å². The average molecular weight is 1130 g/mol. The molecule has 0 fully saturated rings. The second-order valence-electron chi connectivity index (χ2n) is 15.5. The topological polar surface area (TPSA) is 295 Å². The highest BCUT2D eigenvalue weighted by Gasteiger charge is 2.20. The summed E-state index contributed by atoms with van der Waals surface area (Å²) in [5.74, 6) is -4.40. The Morgan fingerprint density at radius 1 is 0.253 bits per heavy atom. The maximum atomic E-state index is 11.7. The minimum atomic E-state index is -0.776. The molecule has 79 heavy (non-hydrogen) atoms. The van der Waals surface area contributed by atoms with Crippen LogP contribution in [0.25, 0.3) is 0 Å². The molecule has 0 aromatic heterocycles. The fraction of sp³-hybridized carbons (Fsp3) is 0.604. The molecule has 26 nitrogen and oxygen atoms in total. The van der Waals surface area contributed by atoms with E-state index in [0.717, 1.165) is 42.5 Å². The van der Waals surface area contributed by atoms with Crippen LogP contribution in [0, 0.1) is 0 Å². The molecule has 0 bridgehead atoms. The third kappa shape index (κ3) is 45.5. The van der Waals surface area contributed by atoms with E-state index in [-0.39, 0.29) is 171 Å². The van der Waals surface area contributed by atoms with Crippen molar-refractivity contribution in [2.24, 2.45) is 0 Å².